The molecule has 29 heavy (non-hydrogen) atoms. The Kier molecular flexibility index (Phi) is 6.93. The van der Waals surface area contributed by atoms with Gasteiger partial charge in [-0.3, -0.25) is 0 Å². The Bertz CT molecular complexity index is 940. The van der Waals surface area contributed by atoms with Gasteiger partial charge in [-0.05, 0) is 0 Å². The minimum atomic E-state index is -1.58. The van der Waals surface area contributed by atoms with Crippen LogP contribution < -0.4 is 5.43 Å². The van der Waals surface area contributed by atoms with Gasteiger partial charge in [0.2, 0.25) is 0 Å². The summed E-state index contributed by atoms with van der Waals surface area (Å²) in [5.41, 5.74) is 5.45. The van der Waals surface area contributed by atoms with Gasteiger partial charge >= 0.3 is 0 Å². The maximum atomic E-state index is 9.76. The summed E-state index contributed by atoms with van der Waals surface area (Å²) in [4.78, 5) is 4.48. The van der Waals surface area contributed by atoms with Crippen molar-refractivity contribution in [3.63, 3.8) is 0 Å². The summed E-state index contributed by atoms with van der Waals surface area (Å²) in [7, 11) is 0. The molecule has 0 amide bonds. The average molecular weight is 395 g/mol. The van der Waals surface area contributed by atoms with E-state index in [4.69, 9.17) is 5.11 Å². The highest BCUT2D eigenvalue weighted by molar-refractivity contribution is 5.78. The summed E-state index contributed by atoms with van der Waals surface area (Å²) in [6.45, 7) is -0.687. The summed E-state index contributed by atoms with van der Waals surface area (Å²) in [5.74, 6) is 0.0872. The maximum Gasteiger partial charge on any atom is 0.263 e. The Balaban J connectivity index is 1.85. The highest BCUT2D eigenvalue weighted by atomic mass is 16.4. The lowest BCUT2D eigenvalue weighted by Crippen LogP contribution is -2.40. The number of rotatable bonds is 8. The van der Waals surface area contributed by atoms with Crippen molar-refractivity contribution in [1.82, 2.24) is 15.2 Å². The number of benzene rings is 2. The molecular weight excluding hydrogens is 374 g/mol. The van der Waals surface area contributed by atoms with Crippen molar-refractivity contribution >= 4 is 12.2 Å². The Morgan fingerprint density at radius 3 is 2.03 bits per heavy atom. The second-order valence-corrected chi connectivity index (χ2v) is 6.19. The fourth-order valence-electron chi connectivity index (χ4n) is 2.56. The van der Waals surface area contributed by atoms with Gasteiger partial charge in [0.05, 0.1) is 12.8 Å². The molecule has 9 nitrogen and oxygen atoms in total. The third kappa shape index (κ3) is 5.18. The predicted molar refractivity (Wildman–Crippen MR) is 108 cm³/mol. The molecule has 5 N–H and O–H groups in total. The third-order valence-electron chi connectivity index (χ3n) is 4.10. The van der Waals surface area contributed by atoms with Gasteiger partial charge < -0.3 is 20.4 Å². The molecule has 150 valence electrons. The van der Waals surface area contributed by atoms with E-state index in [0.717, 1.165) is 17.3 Å². The van der Waals surface area contributed by atoms with Crippen LogP contribution in [0.3, 0.4) is 0 Å². The van der Waals surface area contributed by atoms with Crippen LogP contribution in [0.25, 0.3) is 22.5 Å². The monoisotopic (exact) mass is 395 g/mol. The van der Waals surface area contributed by atoms with Crippen molar-refractivity contribution in [2.24, 2.45) is 5.10 Å². The van der Waals surface area contributed by atoms with E-state index in [1.54, 1.807) is 0 Å². The normalized spacial score (nSPS) is 14.5. The SMILES string of the molecule is OC[C@@H](O)[C@@H](O)[C@@H](O)/C=N/Nc1nnc(-c2ccccc2)c(-c2ccccc2)n1. The van der Waals surface area contributed by atoms with Gasteiger partial charge in [-0.15, -0.1) is 10.2 Å². The van der Waals surface area contributed by atoms with Crippen LogP contribution in [0.5, 0.6) is 0 Å². The molecule has 3 atom stereocenters. The van der Waals surface area contributed by atoms with E-state index in [0.29, 0.717) is 11.4 Å². The van der Waals surface area contributed by atoms with E-state index in [-0.39, 0.29) is 5.95 Å². The summed E-state index contributed by atoms with van der Waals surface area (Å²) in [6.07, 6.45) is -3.58. The molecule has 0 fully saturated rings. The Morgan fingerprint density at radius 2 is 1.45 bits per heavy atom. The predicted octanol–water partition coefficient (Wildman–Crippen LogP) is 0.678. The Hall–Kier alpha value is -3.24. The first-order chi connectivity index (χ1) is 14.1. The lowest BCUT2D eigenvalue weighted by atomic mass is 10.0. The number of nitrogens with zero attached hydrogens (tertiary/aromatic N) is 4. The van der Waals surface area contributed by atoms with Crippen LogP contribution in [0.15, 0.2) is 65.8 Å². The van der Waals surface area contributed by atoms with Crippen LogP contribution in [0.4, 0.5) is 5.95 Å². The molecule has 0 aliphatic heterocycles. The Labute approximate surface area is 167 Å². The highest BCUT2D eigenvalue weighted by Gasteiger charge is 2.22. The molecule has 0 aliphatic rings. The van der Waals surface area contributed by atoms with Gasteiger partial charge in [0.1, 0.15) is 29.7 Å². The second kappa shape index (κ2) is 9.80. The largest absolute Gasteiger partial charge is 0.394 e. The highest BCUT2D eigenvalue weighted by Crippen LogP contribution is 2.28. The van der Waals surface area contributed by atoms with Crippen molar-refractivity contribution < 1.29 is 20.4 Å². The van der Waals surface area contributed by atoms with E-state index in [9.17, 15) is 15.3 Å². The zero-order valence-electron chi connectivity index (χ0n) is 15.4. The number of nitrogens with one attached hydrogen (secondary N) is 1. The summed E-state index contributed by atoms with van der Waals surface area (Å²) in [6, 6.07) is 19.0. The topological polar surface area (TPSA) is 144 Å². The molecular formula is C20H21N5O4. The van der Waals surface area contributed by atoms with Gasteiger partial charge in [0, 0.05) is 11.1 Å². The molecule has 0 saturated heterocycles. The summed E-state index contributed by atoms with van der Waals surface area (Å²) in [5, 5.41) is 49.6. The minimum absolute atomic E-state index is 0.0872. The van der Waals surface area contributed by atoms with E-state index in [2.05, 4.69) is 25.7 Å². The van der Waals surface area contributed by atoms with Gasteiger partial charge in [0.25, 0.3) is 5.95 Å². The number of aliphatic hydroxyl groups is 4. The molecule has 0 bridgehead atoms. The third-order valence-corrected chi connectivity index (χ3v) is 4.10. The molecule has 0 spiro atoms. The molecule has 2 aromatic carbocycles. The van der Waals surface area contributed by atoms with Crippen molar-refractivity contribution in [2.75, 3.05) is 12.0 Å². The van der Waals surface area contributed by atoms with E-state index in [1.807, 2.05) is 60.7 Å². The number of hydrogen-bond acceptors (Lipinski definition) is 9. The maximum absolute atomic E-state index is 9.76. The average Bonchev–Trinajstić information content (AvgIpc) is 2.79. The van der Waals surface area contributed by atoms with Gasteiger partial charge in [0.15, 0.2) is 0 Å². The van der Waals surface area contributed by atoms with Crippen LogP contribution in [0, 0.1) is 0 Å². The van der Waals surface area contributed by atoms with Crippen molar-refractivity contribution in [1.29, 1.82) is 0 Å². The van der Waals surface area contributed by atoms with E-state index in [1.165, 1.54) is 0 Å². The standard InChI is InChI=1S/C20H21N5O4/c26-12-16(28)19(29)15(27)11-21-24-20-22-17(13-7-3-1-4-8-13)18(23-25-20)14-9-5-2-6-10-14/h1-11,15-16,19,26-29H,12H2,(H,22,24,25)/b21-11+/t15-,16+,19-/m0/s1. The number of aromatic nitrogens is 3. The summed E-state index contributed by atoms with van der Waals surface area (Å²) >= 11 is 0. The lowest BCUT2D eigenvalue weighted by Gasteiger charge is -2.17. The first-order valence-corrected chi connectivity index (χ1v) is 8.90. The molecule has 0 aliphatic carbocycles. The number of hydrogen-bond donors (Lipinski definition) is 5. The second-order valence-electron chi connectivity index (χ2n) is 6.19. The van der Waals surface area contributed by atoms with Crippen LogP contribution in [-0.2, 0) is 0 Å². The number of hydrazone groups is 1. The fraction of sp³-hybridized carbons (Fsp3) is 0.200. The van der Waals surface area contributed by atoms with Gasteiger partial charge in [-0.2, -0.15) is 5.10 Å². The lowest BCUT2D eigenvalue weighted by molar-refractivity contribution is -0.0541. The van der Waals surface area contributed by atoms with E-state index < -0.39 is 24.9 Å². The Morgan fingerprint density at radius 1 is 0.862 bits per heavy atom. The first-order valence-electron chi connectivity index (χ1n) is 8.90. The van der Waals surface area contributed by atoms with Crippen LogP contribution >= 0.6 is 0 Å². The molecule has 0 saturated carbocycles. The van der Waals surface area contributed by atoms with E-state index >= 15 is 0 Å². The molecule has 1 heterocycles. The van der Waals surface area contributed by atoms with Crippen molar-refractivity contribution in [3.8, 4) is 22.5 Å². The molecule has 3 rings (SSSR count). The van der Waals surface area contributed by atoms with Crippen molar-refractivity contribution in [3.05, 3.63) is 60.7 Å². The first kappa shape index (κ1) is 20.5. The van der Waals surface area contributed by atoms with Crippen molar-refractivity contribution in [2.45, 2.75) is 18.3 Å². The molecule has 0 unspecified atom stereocenters. The van der Waals surface area contributed by atoms with Gasteiger partial charge in [-0.1, -0.05) is 60.7 Å². The number of aliphatic hydroxyl groups excluding tert-OH is 4. The number of anilines is 1. The summed E-state index contributed by atoms with van der Waals surface area (Å²) < 4.78 is 0. The van der Waals surface area contributed by atoms with Gasteiger partial charge in [-0.25, -0.2) is 10.4 Å². The zero-order chi connectivity index (χ0) is 20.6. The van der Waals surface area contributed by atoms with Crippen LogP contribution in [-0.4, -0.2) is 66.7 Å². The van der Waals surface area contributed by atoms with Crippen LogP contribution in [0.1, 0.15) is 0 Å². The molecule has 0 radical (unpaired) electrons. The zero-order valence-corrected chi connectivity index (χ0v) is 15.4. The minimum Gasteiger partial charge on any atom is -0.394 e. The molecule has 3 aromatic rings. The molecule has 9 heteroatoms. The smallest absolute Gasteiger partial charge is 0.263 e. The van der Waals surface area contributed by atoms with Crippen LogP contribution in [0.2, 0.25) is 0 Å². The fourth-order valence-corrected chi connectivity index (χ4v) is 2.56. The molecule has 1 aromatic heterocycles. The quantitative estimate of drug-likeness (QED) is 0.277.